The van der Waals surface area contributed by atoms with Crippen LogP contribution in [0.2, 0.25) is 0 Å². The van der Waals surface area contributed by atoms with Gasteiger partial charge in [0.2, 0.25) is 0 Å². The van der Waals surface area contributed by atoms with E-state index >= 15 is 0 Å². The van der Waals surface area contributed by atoms with E-state index in [0.717, 1.165) is 11.4 Å². The van der Waals surface area contributed by atoms with Gasteiger partial charge in [-0.25, -0.2) is 0 Å². The van der Waals surface area contributed by atoms with Crippen LogP contribution < -0.4 is 5.56 Å². The van der Waals surface area contributed by atoms with Crippen molar-refractivity contribution in [2.24, 2.45) is 0 Å². The molecule has 0 atom stereocenters. The van der Waals surface area contributed by atoms with Crippen LogP contribution in [0.5, 0.6) is 0 Å². The number of hydrogen-bond donors (Lipinski definition) is 1. The van der Waals surface area contributed by atoms with E-state index in [-0.39, 0.29) is 5.56 Å². The topological polar surface area (TPSA) is 34.9 Å². The smallest absolute Gasteiger partial charge is 0.266 e. The second kappa shape index (κ2) is 5.42. The van der Waals surface area contributed by atoms with Crippen LogP contribution in [0.4, 0.5) is 0 Å². The molecule has 0 radical (unpaired) electrons. The summed E-state index contributed by atoms with van der Waals surface area (Å²) in [6.45, 7) is 2.00. The fraction of sp³-hybridized carbons (Fsp3) is 0.167. The second-order valence-corrected chi connectivity index (χ2v) is 5.10. The van der Waals surface area contributed by atoms with Gasteiger partial charge in [-0.15, -0.1) is 24.4 Å². The van der Waals surface area contributed by atoms with Crippen LogP contribution in [-0.4, -0.2) is 15.5 Å². The van der Waals surface area contributed by atoms with Crippen LogP contribution in [0.15, 0.2) is 51.1 Å². The summed E-state index contributed by atoms with van der Waals surface area (Å²) in [6.07, 6.45) is 1.61. The van der Waals surface area contributed by atoms with Crippen molar-refractivity contribution in [2.45, 2.75) is 16.7 Å². The van der Waals surface area contributed by atoms with Gasteiger partial charge < -0.3 is 0 Å². The number of thiol groups is 1. The minimum atomic E-state index is -0.115. The van der Waals surface area contributed by atoms with Gasteiger partial charge in [-0.2, -0.15) is 9.78 Å². The molecule has 0 spiro atoms. The first kappa shape index (κ1) is 12.3. The summed E-state index contributed by atoms with van der Waals surface area (Å²) in [5.74, 6) is 0.835. The molecule has 0 fully saturated rings. The number of aromatic nitrogens is 2. The van der Waals surface area contributed by atoms with Crippen LogP contribution in [0.25, 0.3) is 5.69 Å². The molecule has 2 rings (SSSR count). The van der Waals surface area contributed by atoms with Crippen molar-refractivity contribution in [1.29, 1.82) is 0 Å². The van der Waals surface area contributed by atoms with E-state index < -0.39 is 0 Å². The van der Waals surface area contributed by atoms with Gasteiger partial charge in [0, 0.05) is 4.90 Å². The highest BCUT2D eigenvalue weighted by Gasteiger charge is 2.09. The Morgan fingerprint density at radius 2 is 2.06 bits per heavy atom. The van der Waals surface area contributed by atoms with Crippen molar-refractivity contribution < 1.29 is 0 Å². The predicted octanol–water partition coefficient (Wildman–Crippen LogP) is 2.63. The van der Waals surface area contributed by atoms with Crippen LogP contribution in [0.3, 0.4) is 0 Å². The van der Waals surface area contributed by atoms with E-state index in [9.17, 15) is 4.79 Å². The van der Waals surface area contributed by atoms with Gasteiger partial charge in [-0.3, -0.25) is 4.79 Å². The molecule has 0 saturated heterocycles. The summed E-state index contributed by atoms with van der Waals surface area (Å²) in [7, 11) is 0. The van der Waals surface area contributed by atoms with Crippen LogP contribution in [-0.2, 0) is 0 Å². The zero-order valence-electron chi connectivity index (χ0n) is 9.33. The standard InChI is InChI=1S/C12H12N2OS2/c1-2-17-11-10(16)8-13-14(12(11)15)9-6-4-3-5-7-9/h3-8,16H,2H2,1H3. The van der Waals surface area contributed by atoms with E-state index in [1.54, 1.807) is 6.20 Å². The fourth-order valence-corrected chi connectivity index (χ4v) is 2.50. The van der Waals surface area contributed by atoms with Gasteiger partial charge in [-0.1, -0.05) is 25.1 Å². The molecule has 0 N–H and O–H groups in total. The Bertz CT molecular complexity index is 566. The average molecular weight is 264 g/mol. The number of thioether (sulfide) groups is 1. The average Bonchev–Trinajstić information content (AvgIpc) is 2.36. The van der Waals surface area contributed by atoms with Crippen LogP contribution in [0, 0.1) is 0 Å². The Kier molecular flexibility index (Phi) is 3.91. The molecular formula is C12H12N2OS2. The van der Waals surface area contributed by atoms with Gasteiger partial charge in [0.1, 0.15) is 0 Å². The highest BCUT2D eigenvalue weighted by Crippen LogP contribution is 2.20. The molecule has 0 amide bonds. The first-order chi connectivity index (χ1) is 8.24. The molecule has 5 heteroatoms. The Balaban J connectivity index is 2.58. The van der Waals surface area contributed by atoms with Crippen molar-refractivity contribution in [3.63, 3.8) is 0 Å². The molecule has 0 unspecified atom stereocenters. The Morgan fingerprint density at radius 1 is 1.35 bits per heavy atom. The molecule has 1 aromatic heterocycles. The zero-order chi connectivity index (χ0) is 12.3. The van der Waals surface area contributed by atoms with Crippen LogP contribution in [0.1, 0.15) is 6.92 Å². The summed E-state index contributed by atoms with van der Waals surface area (Å²) >= 11 is 5.75. The highest BCUT2D eigenvalue weighted by molar-refractivity contribution is 7.99. The molecule has 2 aromatic rings. The molecule has 17 heavy (non-hydrogen) atoms. The molecule has 0 aliphatic heterocycles. The maximum absolute atomic E-state index is 12.2. The van der Waals surface area contributed by atoms with Crippen molar-refractivity contribution in [1.82, 2.24) is 9.78 Å². The van der Waals surface area contributed by atoms with Gasteiger partial charge in [0.25, 0.3) is 5.56 Å². The lowest BCUT2D eigenvalue weighted by atomic mass is 10.3. The van der Waals surface area contributed by atoms with Gasteiger partial charge in [0.05, 0.1) is 16.8 Å². The first-order valence-corrected chi connectivity index (χ1v) is 6.67. The van der Waals surface area contributed by atoms with E-state index in [4.69, 9.17) is 0 Å². The minimum absolute atomic E-state index is 0.115. The third kappa shape index (κ3) is 2.56. The van der Waals surface area contributed by atoms with Crippen molar-refractivity contribution in [2.75, 3.05) is 5.75 Å². The summed E-state index contributed by atoms with van der Waals surface area (Å²) in [6, 6.07) is 9.37. The maximum atomic E-state index is 12.2. The fourth-order valence-electron chi connectivity index (χ4n) is 1.46. The molecule has 0 aliphatic carbocycles. The van der Waals surface area contributed by atoms with Gasteiger partial charge in [-0.05, 0) is 17.9 Å². The number of benzene rings is 1. The summed E-state index contributed by atoms with van der Waals surface area (Å²) in [5.41, 5.74) is 0.652. The number of hydrogen-bond acceptors (Lipinski definition) is 4. The van der Waals surface area contributed by atoms with Gasteiger partial charge in [0.15, 0.2) is 0 Å². The molecule has 0 saturated carbocycles. The summed E-state index contributed by atoms with van der Waals surface area (Å²) < 4.78 is 1.40. The second-order valence-electron chi connectivity index (χ2n) is 3.34. The number of nitrogens with zero attached hydrogens (tertiary/aromatic N) is 2. The normalized spacial score (nSPS) is 10.5. The van der Waals surface area contributed by atoms with Crippen molar-refractivity contribution in [3.8, 4) is 5.69 Å². The molecule has 0 aliphatic rings. The van der Waals surface area contributed by atoms with Crippen molar-refractivity contribution >= 4 is 24.4 Å². The number of rotatable bonds is 3. The maximum Gasteiger partial charge on any atom is 0.286 e. The largest absolute Gasteiger partial charge is 0.286 e. The quantitative estimate of drug-likeness (QED) is 0.683. The molecule has 0 bridgehead atoms. The molecule has 3 nitrogen and oxygen atoms in total. The Labute approximate surface area is 109 Å². The highest BCUT2D eigenvalue weighted by atomic mass is 32.2. The van der Waals surface area contributed by atoms with E-state index in [1.165, 1.54) is 16.4 Å². The first-order valence-electron chi connectivity index (χ1n) is 5.23. The summed E-state index contributed by atoms with van der Waals surface area (Å²) in [4.78, 5) is 13.5. The van der Waals surface area contributed by atoms with E-state index in [0.29, 0.717) is 9.79 Å². The molecule has 88 valence electrons. The number of para-hydroxylation sites is 1. The Morgan fingerprint density at radius 3 is 2.71 bits per heavy atom. The van der Waals surface area contributed by atoms with E-state index in [1.807, 2.05) is 37.3 Å². The lowest BCUT2D eigenvalue weighted by Crippen LogP contribution is -2.22. The minimum Gasteiger partial charge on any atom is -0.266 e. The molecule has 1 aromatic carbocycles. The third-order valence-corrected chi connectivity index (χ3v) is 3.67. The molecular weight excluding hydrogens is 252 g/mol. The lowest BCUT2D eigenvalue weighted by molar-refractivity contribution is 0.757. The Hall–Kier alpha value is -1.20. The van der Waals surface area contributed by atoms with E-state index in [2.05, 4.69) is 17.7 Å². The monoisotopic (exact) mass is 264 g/mol. The zero-order valence-corrected chi connectivity index (χ0v) is 11.0. The van der Waals surface area contributed by atoms with Gasteiger partial charge >= 0.3 is 0 Å². The summed E-state index contributed by atoms with van der Waals surface area (Å²) in [5, 5.41) is 4.11. The lowest BCUT2D eigenvalue weighted by Gasteiger charge is -2.07. The SMILES string of the molecule is CCSc1c(S)cnn(-c2ccccc2)c1=O. The third-order valence-electron chi connectivity index (χ3n) is 2.20. The van der Waals surface area contributed by atoms with Crippen LogP contribution >= 0.6 is 24.4 Å². The van der Waals surface area contributed by atoms with Crippen molar-refractivity contribution in [3.05, 3.63) is 46.9 Å². The molecule has 1 heterocycles. The predicted molar refractivity (Wildman–Crippen MR) is 73.5 cm³/mol.